The Labute approximate surface area is 100 Å². The minimum Gasteiger partial charge on any atom is -0.287 e. The molecule has 0 saturated heterocycles. The zero-order valence-electron chi connectivity index (χ0n) is 9.67. The molecule has 0 spiro atoms. The second kappa shape index (κ2) is 5.75. The van der Waals surface area contributed by atoms with Crippen LogP contribution in [0.15, 0.2) is 12.1 Å². The number of hydrogen-bond acceptors (Lipinski definition) is 3. The lowest BCUT2D eigenvalue weighted by Crippen LogP contribution is -2.07. The Morgan fingerprint density at radius 3 is 2.62 bits per heavy atom. The number of rotatable bonds is 4. The third-order valence-corrected chi connectivity index (χ3v) is 2.49. The van der Waals surface area contributed by atoms with E-state index in [2.05, 4.69) is 4.89 Å². The van der Waals surface area contributed by atoms with Crippen molar-refractivity contribution < 1.29 is 14.6 Å². The van der Waals surface area contributed by atoms with Gasteiger partial charge in [0.1, 0.15) is 0 Å². The summed E-state index contributed by atoms with van der Waals surface area (Å²) in [7, 11) is 0. The third kappa shape index (κ3) is 3.14. The molecule has 0 aliphatic heterocycles. The van der Waals surface area contributed by atoms with Crippen molar-refractivity contribution in [1.82, 2.24) is 0 Å². The first-order chi connectivity index (χ1) is 7.58. The first kappa shape index (κ1) is 12.8. The van der Waals surface area contributed by atoms with Gasteiger partial charge in [-0.1, -0.05) is 13.0 Å². The molecule has 0 unspecified atom stereocenters. The van der Waals surface area contributed by atoms with E-state index in [0.717, 1.165) is 16.7 Å². The van der Waals surface area contributed by atoms with Gasteiger partial charge in [-0.2, -0.15) is 0 Å². The predicted molar refractivity (Wildman–Crippen MR) is 62.5 cm³/mol. The molecule has 1 rings (SSSR count). The number of hydrogen-bond donors (Lipinski definition) is 0. The molecule has 4 heteroatoms. The van der Waals surface area contributed by atoms with E-state index in [0.29, 0.717) is 11.6 Å². The number of carbonyl (C=O) groups is 1. The van der Waals surface area contributed by atoms with E-state index >= 15 is 0 Å². The van der Waals surface area contributed by atoms with Crippen LogP contribution in [0.2, 0.25) is 0 Å². The van der Waals surface area contributed by atoms with Crippen LogP contribution in [0.1, 0.15) is 30.0 Å². The van der Waals surface area contributed by atoms with Crippen LogP contribution in [-0.4, -0.2) is 5.97 Å². The minimum absolute atomic E-state index is 0.279. The fraction of sp³-hybridized carbons (Fsp3) is 0.417. The summed E-state index contributed by atoms with van der Waals surface area (Å²) in [6.45, 7) is 5.59. The van der Waals surface area contributed by atoms with Crippen molar-refractivity contribution in [3.8, 4) is 5.75 Å². The van der Waals surface area contributed by atoms with E-state index in [4.69, 9.17) is 16.5 Å². The maximum Gasteiger partial charge on any atom is 0.355 e. The SMILES string of the molecule is CCC(=O)OOc1cc(C)cc(C)c1CCl. The van der Waals surface area contributed by atoms with Gasteiger partial charge in [0.25, 0.3) is 0 Å². The van der Waals surface area contributed by atoms with Gasteiger partial charge in [-0.15, -0.1) is 11.6 Å². The molecule has 1 aromatic carbocycles. The van der Waals surface area contributed by atoms with Crippen molar-refractivity contribution in [2.45, 2.75) is 33.1 Å². The van der Waals surface area contributed by atoms with E-state index in [1.165, 1.54) is 0 Å². The van der Waals surface area contributed by atoms with E-state index in [9.17, 15) is 4.79 Å². The number of aryl methyl sites for hydroxylation is 2. The van der Waals surface area contributed by atoms with Crippen molar-refractivity contribution in [1.29, 1.82) is 0 Å². The fourth-order valence-corrected chi connectivity index (χ4v) is 1.70. The second-order valence-corrected chi connectivity index (χ2v) is 3.85. The van der Waals surface area contributed by atoms with Gasteiger partial charge in [0.05, 0.1) is 5.88 Å². The molecule has 88 valence electrons. The Kier molecular flexibility index (Phi) is 4.62. The van der Waals surface area contributed by atoms with Gasteiger partial charge in [-0.05, 0) is 31.0 Å². The molecule has 0 radical (unpaired) electrons. The van der Waals surface area contributed by atoms with E-state index in [-0.39, 0.29) is 6.42 Å². The lowest BCUT2D eigenvalue weighted by molar-refractivity contribution is -0.213. The fourth-order valence-electron chi connectivity index (χ4n) is 1.35. The highest BCUT2D eigenvalue weighted by molar-refractivity contribution is 6.17. The molecule has 3 nitrogen and oxygen atoms in total. The molecule has 0 bridgehead atoms. The van der Waals surface area contributed by atoms with E-state index < -0.39 is 5.97 Å². The maximum atomic E-state index is 11.0. The average molecular weight is 243 g/mol. The Morgan fingerprint density at radius 2 is 2.06 bits per heavy atom. The highest BCUT2D eigenvalue weighted by Crippen LogP contribution is 2.26. The van der Waals surface area contributed by atoms with Crippen LogP contribution >= 0.6 is 11.6 Å². The van der Waals surface area contributed by atoms with Gasteiger partial charge < -0.3 is 0 Å². The predicted octanol–water partition coefficient (Wildman–Crippen LogP) is 3.29. The molecule has 0 fully saturated rings. The molecule has 0 aliphatic carbocycles. The molecule has 0 atom stereocenters. The Morgan fingerprint density at radius 1 is 1.38 bits per heavy atom. The summed E-state index contributed by atoms with van der Waals surface area (Å²) in [6, 6.07) is 3.81. The topological polar surface area (TPSA) is 35.5 Å². The van der Waals surface area contributed by atoms with Crippen LogP contribution in [0.4, 0.5) is 0 Å². The van der Waals surface area contributed by atoms with Crippen molar-refractivity contribution in [2.75, 3.05) is 0 Å². The van der Waals surface area contributed by atoms with Gasteiger partial charge in [0, 0.05) is 12.0 Å². The zero-order chi connectivity index (χ0) is 12.1. The van der Waals surface area contributed by atoms with Crippen LogP contribution < -0.4 is 4.89 Å². The smallest absolute Gasteiger partial charge is 0.287 e. The first-order valence-electron chi connectivity index (χ1n) is 5.12. The van der Waals surface area contributed by atoms with E-state index in [1.54, 1.807) is 13.0 Å². The first-order valence-corrected chi connectivity index (χ1v) is 5.65. The molecular formula is C12H15ClO3. The van der Waals surface area contributed by atoms with Crippen molar-refractivity contribution >= 4 is 17.6 Å². The maximum absolute atomic E-state index is 11.0. The summed E-state index contributed by atoms with van der Waals surface area (Å²) < 4.78 is 0. The number of carbonyl (C=O) groups excluding carboxylic acids is 1. The molecule has 16 heavy (non-hydrogen) atoms. The molecule has 0 heterocycles. The molecule has 0 saturated carbocycles. The Bertz CT molecular complexity index is 388. The lowest BCUT2D eigenvalue weighted by atomic mass is 10.1. The molecular weight excluding hydrogens is 228 g/mol. The van der Waals surface area contributed by atoms with Crippen LogP contribution in [0.25, 0.3) is 0 Å². The molecule has 0 amide bonds. The van der Waals surface area contributed by atoms with Gasteiger partial charge in [0.15, 0.2) is 5.75 Å². The normalized spacial score (nSPS) is 10.0. The Hall–Kier alpha value is -1.22. The lowest BCUT2D eigenvalue weighted by Gasteiger charge is -2.11. The van der Waals surface area contributed by atoms with Gasteiger partial charge in [-0.3, -0.25) is 9.78 Å². The molecule has 0 aromatic heterocycles. The van der Waals surface area contributed by atoms with Crippen LogP contribution in [-0.2, 0) is 15.6 Å². The highest BCUT2D eigenvalue weighted by atomic mass is 35.5. The number of alkyl halides is 1. The van der Waals surface area contributed by atoms with Crippen molar-refractivity contribution in [2.24, 2.45) is 0 Å². The molecule has 0 N–H and O–H groups in total. The van der Waals surface area contributed by atoms with E-state index in [1.807, 2.05) is 19.9 Å². The summed E-state index contributed by atoms with van der Waals surface area (Å²) in [5.41, 5.74) is 2.91. The summed E-state index contributed by atoms with van der Waals surface area (Å²) in [5.74, 6) is 0.430. The number of benzene rings is 1. The zero-order valence-corrected chi connectivity index (χ0v) is 10.4. The van der Waals surface area contributed by atoms with Crippen molar-refractivity contribution in [3.05, 3.63) is 28.8 Å². The summed E-state index contributed by atoms with van der Waals surface area (Å²) >= 11 is 5.82. The largest absolute Gasteiger partial charge is 0.355 e. The van der Waals surface area contributed by atoms with Crippen LogP contribution in [0.5, 0.6) is 5.75 Å². The summed E-state index contributed by atoms with van der Waals surface area (Å²) in [4.78, 5) is 20.6. The van der Waals surface area contributed by atoms with Gasteiger partial charge >= 0.3 is 5.97 Å². The van der Waals surface area contributed by atoms with Gasteiger partial charge in [0.2, 0.25) is 0 Å². The van der Waals surface area contributed by atoms with Crippen LogP contribution in [0, 0.1) is 13.8 Å². The molecule has 0 aliphatic rings. The quantitative estimate of drug-likeness (QED) is 0.462. The average Bonchev–Trinajstić information content (AvgIpc) is 2.25. The van der Waals surface area contributed by atoms with Gasteiger partial charge in [-0.25, -0.2) is 4.79 Å². The Balaban J connectivity index is 2.89. The monoisotopic (exact) mass is 242 g/mol. The summed E-state index contributed by atoms with van der Waals surface area (Å²) in [5, 5.41) is 0. The number of halogens is 1. The van der Waals surface area contributed by atoms with Crippen LogP contribution in [0.3, 0.4) is 0 Å². The highest BCUT2D eigenvalue weighted by Gasteiger charge is 2.10. The summed E-state index contributed by atoms with van der Waals surface area (Å²) in [6.07, 6.45) is 0.279. The van der Waals surface area contributed by atoms with Crippen molar-refractivity contribution in [3.63, 3.8) is 0 Å². The third-order valence-electron chi connectivity index (χ3n) is 2.22. The minimum atomic E-state index is -0.403. The molecule has 1 aromatic rings. The second-order valence-electron chi connectivity index (χ2n) is 3.58. The standard InChI is InChI=1S/C12H15ClO3/c1-4-12(14)16-15-11-6-8(2)5-9(3)10(11)7-13/h5-6H,4,7H2,1-3H3.